The zero-order chi connectivity index (χ0) is 19.6. The molecule has 27 heavy (non-hydrogen) atoms. The van der Waals surface area contributed by atoms with E-state index in [-0.39, 0.29) is 17.7 Å². The molecule has 5 nitrogen and oxygen atoms in total. The second-order valence-corrected chi connectivity index (χ2v) is 7.76. The van der Waals surface area contributed by atoms with Crippen molar-refractivity contribution in [2.24, 2.45) is 10.9 Å². The summed E-state index contributed by atoms with van der Waals surface area (Å²) in [7, 11) is 1.60. The van der Waals surface area contributed by atoms with Crippen LogP contribution in [0.1, 0.15) is 51.0 Å². The van der Waals surface area contributed by atoms with E-state index in [2.05, 4.69) is 20.9 Å². The van der Waals surface area contributed by atoms with Gasteiger partial charge >= 0.3 is 5.97 Å². The molecule has 0 N–H and O–H groups in total. The van der Waals surface area contributed by atoms with E-state index in [1.165, 1.54) is 0 Å². The molecule has 0 amide bonds. The Morgan fingerprint density at radius 2 is 2.11 bits per heavy atom. The van der Waals surface area contributed by atoms with E-state index in [0.717, 1.165) is 35.0 Å². The van der Waals surface area contributed by atoms with Gasteiger partial charge in [-0.1, -0.05) is 13.0 Å². The molecular formula is C21H24BrNO4. The van der Waals surface area contributed by atoms with Gasteiger partial charge in [0.25, 0.3) is 0 Å². The number of carbonyl (C=O) groups is 2. The van der Waals surface area contributed by atoms with Gasteiger partial charge < -0.3 is 9.47 Å². The minimum atomic E-state index is -0.586. The normalized spacial score (nSPS) is 22.2. The fraction of sp³-hybridized carbons (Fsp3) is 0.476. The number of aliphatic imine (C=N–C) groups is 1. The second-order valence-electron chi connectivity index (χ2n) is 6.91. The monoisotopic (exact) mass is 433 g/mol. The van der Waals surface area contributed by atoms with Gasteiger partial charge in [0.15, 0.2) is 5.78 Å². The van der Waals surface area contributed by atoms with Crippen molar-refractivity contribution in [2.45, 2.75) is 45.4 Å². The van der Waals surface area contributed by atoms with Gasteiger partial charge in [0.05, 0.1) is 18.2 Å². The molecule has 1 aromatic carbocycles. The highest BCUT2D eigenvalue weighted by molar-refractivity contribution is 9.10. The van der Waals surface area contributed by atoms with Gasteiger partial charge in [0.1, 0.15) is 11.7 Å². The molecule has 2 atom stereocenters. The lowest BCUT2D eigenvalue weighted by atomic mass is 9.72. The molecule has 144 valence electrons. The predicted molar refractivity (Wildman–Crippen MR) is 107 cm³/mol. The topological polar surface area (TPSA) is 65.0 Å². The minimum absolute atomic E-state index is 0.0812. The Hall–Kier alpha value is -1.95. The number of Topliss-reactive ketones (excluding diaryl/α,β-unsaturated/α-hetero) is 1. The van der Waals surface area contributed by atoms with E-state index in [1.807, 2.05) is 32.0 Å². The Labute approximate surface area is 168 Å². The molecule has 2 aliphatic rings. The van der Waals surface area contributed by atoms with E-state index in [4.69, 9.17) is 9.47 Å². The third kappa shape index (κ3) is 3.86. The number of ether oxygens (including phenoxy) is 2. The SMILES string of the molecule is CCCOC(=O)C1C(C)=NC2=C(C(=O)CCC2)[C@@H]1c1ccc(OC)c(Br)c1. The maximum absolute atomic E-state index is 12.9. The number of esters is 1. The summed E-state index contributed by atoms with van der Waals surface area (Å²) in [6.07, 6.45) is 2.82. The highest BCUT2D eigenvalue weighted by atomic mass is 79.9. The van der Waals surface area contributed by atoms with Crippen LogP contribution in [0.4, 0.5) is 0 Å². The lowest BCUT2D eigenvalue weighted by Crippen LogP contribution is -2.37. The van der Waals surface area contributed by atoms with Crippen LogP contribution in [-0.4, -0.2) is 31.2 Å². The van der Waals surface area contributed by atoms with Crippen molar-refractivity contribution in [1.29, 1.82) is 0 Å². The average molecular weight is 434 g/mol. The maximum Gasteiger partial charge on any atom is 0.315 e. The number of ketones is 1. The van der Waals surface area contributed by atoms with Crippen molar-refractivity contribution in [3.05, 3.63) is 39.5 Å². The molecule has 0 saturated heterocycles. The lowest BCUT2D eigenvalue weighted by molar-refractivity contribution is -0.146. The van der Waals surface area contributed by atoms with Crippen molar-refractivity contribution in [1.82, 2.24) is 0 Å². The number of halogens is 1. The molecule has 0 radical (unpaired) electrons. The summed E-state index contributed by atoms with van der Waals surface area (Å²) in [6, 6.07) is 5.69. The summed E-state index contributed by atoms with van der Waals surface area (Å²) < 4.78 is 11.6. The van der Waals surface area contributed by atoms with Crippen LogP contribution in [0.2, 0.25) is 0 Å². The summed E-state index contributed by atoms with van der Waals surface area (Å²) in [5.41, 5.74) is 3.09. The molecule has 1 aliphatic heterocycles. The first-order valence-corrected chi connectivity index (χ1v) is 10.1. The van der Waals surface area contributed by atoms with Crippen LogP contribution in [0.3, 0.4) is 0 Å². The summed E-state index contributed by atoms with van der Waals surface area (Å²) in [6.45, 7) is 4.17. The molecule has 1 heterocycles. The van der Waals surface area contributed by atoms with E-state index in [1.54, 1.807) is 7.11 Å². The number of hydrogen-bond acceptors (Lipinski definition) is 5. The van der Waals surface area contributed by atoms with Crippen LogP contribution in [0.15, 0.2) is 38.9 Å². The summed E-state index contributed by atoms with van der Waals surface area (Å²) in [5, 5.41) is 0. The van der Waals surface area contributed by atoms with Crippen molar-refractivity contribution >= 4 is 33.4 Å². The molecule has 0 spiro atoms. The fourth-order valence-corrected chi connectivity index (χ4v) is 4.40. The lowest BCUT2D eigenvalue weighted by Gasteiger charge is -2.34. The fourth-order valence-electron chi connectivity index (χ4n) is 3.84. The molecule has 6 heteroatoms. The Morgan fingerprint density at radius 1 is 1.33 bits per heavy atom. The Balaban J connectivity index is 2.11. The molecule has 3 rings (SSSR count). The molecule has 1 aromatic rings. The van der Waals surface area contributed by atoms with Crippen LogP contribution in [0.5, 0.6) is 5.75 Å². The van der Waals surface area contributed by atoms with E-state index < -0.39 is 5.92 Å². The average Bonchev–Trinajstić information content (AvgIpc) is 2.65. The first-order chi connectivity index (χ1) is 13.0. The van der Waals surface area contributed by atoms with E-state index >= 15 is 0 Å². The minimum Gasteiger partial charge on any atom is -0.496 e. The van der Waals surface area contributed by atoms with Gasteiger partial charge in [0.2, 0.25) is 0 Å². The van der Waals surface area contributed by atoms with Gasteiger partial charge in [-0.2, -0.15) is 0 Å². The van der Waals surface area contributed by atoms with E-state index in [9.17, 15) is 9.59 Å². The Bertz CT molecular complexity index is 827. The van der Waals surface area contributed by atoms with Crippen LogP contribution >= 0.6 is 15.9 Å². The van der Waals surface area contributed by atoms with Gasteiger partial charge in [-0.15, -0.1) is 0 Å². The number of rotatable bonds is 5. The maximum atomic E-state index is 12.9. The van der Waals surface area contributed by atoms with Crippen molar-refractivity contribution < 1.29 is 19.1 Å². The number of methoxy groups -OCH3 is 1. The zero-order valence-corrected chi connectivity index (χ0v) is 17.5. The van der Waals surface area contributed by atoms with Gasteiger partial charge in [-0.05, 0) is 59.8 Å². The number of nitrogens with zero attached hydrogens (tertiary/aromatic N) is 1. The molecule has 0 aromatic heterocycles. The third-order valence-electron chi connectivity index (χ3n) is 5.07. The van der Waals surface area contributed by atoms with Gasteiger partial charge in [0, 0.05) is 29.3 Å². The number of benzene rings is 1. The standard InChI is InChI=1S/C21H24BrNO4/c1-4-10-27-21(25)18-12(2)23-15-6-5-7-16(24)20(15)19(18)13-8-9-17(26-3)14(22)11-13/h8-9,11,18-19H,4-7,10H2,1-3H3/t18?,19-/m1/s1. The highest BCUT2D eigenvalue weighted by Crippen LogP contribution is 2.44. The first-order valence-electron chi connectivity index (χ1n) is 9.29. The summed E-state index contributed by atoms with van der Waals surface area (Å²) in [4.78, 5) is 30.3. The first kappa shape index (κ1) is 19.8. The van der Waals surface area contributed by atoms with Crippen molar-refractivity contribution in [3.63, 3.8) is 0 Å². The quantitative estimate of drug-likeness (QED) is 0.636. The number of hydrogen-bond donors (Lipinski definition) is 0. The van der Waals surface area contributed by atoms with E-state index in [0.29, 0.717) is 30.1 Å². The predicted octanol–water partition coefficient (Wildman–Crippen LogP) is 4.59. The van der Waals surface area contributed by atoms with Crippen LogP contribution < -0.4 is 4.74 Å². The molecule has 0 saturated carbocycles. The summed E-state index contributed by atoms with van der Waals surface area (Å²) in [5.74, 6) is -0.499. The van der Waals surface area contributed by atoms with Gasteiger partial charge in [-0.3, -0.25) is 14.6 Å². The van der Waals surface area contributed by atoms with Crippen molar-refractivity contribution in [3.8, 4) is 5.75 Å². The van der Waals surface area contributed by atoms with Crippen LogP contribution in [-0.2, 0) is 14.3 Å². The number of carbonyl (C=O) groups excluding carboxylic acids is 2. The number of allylic oxidation sites excluding steroid dienone is 2. The molecule has 0 fully saturated rings. The Morgan fingerprint density at radius 3 is 2.78 bits per heavy atom. The largest absolute Gasteiger partial charge is 0.496 e. The van der Waals surface area contributed by atoms with Crippen LogP contribution in [0, 0.1) is 5.92 Å². The van der Waals surface area contributed by atoms with Crippen molar-refractivity contribution in [2.75, 3.05) is 13.7 Å². The Kier molecular flexibility index (Phi) is 6.15. The smallest absolute Gasteiger partial charge is 0.315 e. The zero-order valence-electron chi connectivity index (χ0n) is 15.9. The van der Waals surface area contributed by atoms with Gasteiger partial charge in [-0.25, -0.2) is 0 Å². The highest BCUT2D eigenvalue weighted by Gasteiger charge is 2.43. The molecule has 1 aliphatic carbocycles. The molecule has 1 unspecified atom stereocenters. The van der Waals surface area contributed by atoms with Crippen LogP contribution in [0.25, 0.3) is 0 Å². The second kappa shape index (κ2) is 8.38. The molecule has 0 bridgehead atoms. The third-order valence-corrected chi connectivity index (χ3v) is 5.69. The summed E-state index contributed by atoms with van der Waals surface area (Å²) >= 11 is 3.52. The molecular weight excluding hydrogens is 410 g/mol.